The van der Waals surface area contributed by atoms with Gasteiger partial charge in [-0.05, 0) is 32.3 Å². The Labute approximate surface area is 84.3 Å². The summed E-state index contributed by atoms with van der Waals surface area (Å²) >= 11 is 0. The van der Waals surface area contributed by atoms with Crippen molar-refractivity contribution in [3.63, 3.8) is 0 Å². The number of pyridine rings is 1. The largest absolute Gasteiger partial charge is 0.488 e. The summed E-state index contributed by atoms with van der Waals surface area (Å²) in [6.45, 7) is 2.00. The fourth-order valence-corrected chi connectivity index (χ4v) is 1.86. The van der Waals surface area contributed by atoms with Crippen molar-refractivity contribution in [2.75, 3.05) is 0 Å². The zero-order valence-corrected chi connectivity index (χ0v) is 8.44. The van der Waals surface area contributed by atoms with E-state index in [-0.39, 0.29) is 12.1 Å². The minimum atomic E-state index is 0.191. The van der Waals surface area contributed by atoms with Crippen LogP contribution in [-0.2, 0) is 0 Å². The molecule has 2 rings (SSSR count). The van der Waals surface area contributed by atoms with Crippen molar-refractivity contribution >= 4 is 0 Å². The van der Waals surface area contributed by atoms with Crippen molar-refractivity contribution < 1.29 is 4.74 Å². The molecular weight excluding hydrogens is 176 g/mol. The van der Waals surface area contributed by atoms with Gasteiger partial charge in [0.2, 0.25) is 0 Å². The van der Waals surface area contributed by atoms with Gasteiger partial charge < -0.3 is 10.5 Å². The van der Waals surface area contributed by atoms with Gasteiger partial charge in [0.1, 0.15) is 11.9 Å². The topological polar surface area (TPSA) is 48.1 Å². The molecule has 1 fully saturated rings. The summed E-state index contributed by atoms with van der Waals surface area (Å²) in [6.07, 6.45) is 7.09. The Morgan fingerprint density at radius 3 is 3.00 bits per heavy atom. The SMILES string of the molecule is Cc1cnccc1OC1CCCC1N. The number of hydrogen-bond acceptors (Lipinski definition) is 3. The lowest BCUT2D eigenvalue weighted by molar-refractivity contribution is 0.190. The van der Waals surface area contributed by atoms with Gasteiger partial charge in [-0.2, -0.15) is 0 Å². The fraction of sp³-hybridized carbons (Fsp3) is 0.545. The quantitative estimate of drug-likeness (QED) is 0.775. The van der Waals surface area contributed by atoms with Gasteiger partial charge in [0.25, 0.3) is 0 Å². The summed E-state index contributed by atoms with van der Waals surface area (Å²) in [4.78, 5) is 4.03. The van der Waals surface area contributed by atoms with Crippen molar-refractivity contribution in [2.24, 2.45) is 5.73 Å². The summed E-state index contributed by atoms with van der Waals surface area (Å²) in [5.41, 5.74) is 7.01. The Hall–Kier alpha value is -1.09. The van der Waals surface area contributed by atoms with E-state index < -0.39 is 0 Å². The number of aromatic nitrogens is 1. The highest BCUT2D eigenvalue weighted by atomic mass is 16.5. The summed E-state index contributed by atoms with van der Waals surface area (Å²) < 4.78 is 5.85. The van der Waals surface area contributed by atoms with Crippen molar-refractivity contribution in [2.45, 2.75) is 38.3 Å². The first-order valence-corrected chi connectivity index (χ1v) is 5.10. The molecule has 0 radical (unpaired) electrons. The van der Waals surface area contributed by atoms with Gasteiger partial charge in [-0.3, -0.25) is 4.98 Å². The van der Waals surface area contributed by atoms with Gasteiger partial charge in [-0.15, -0.1) is 0 Å². The van der Waals surface area contributed by atoms with E-state index >= 15 is 0 Å². The molecule has 0 saturated heterocycles. The van der Waals surface area contributed by atoms with E-state index in [1.165, 1.54) is 6.42 Å². The third kappa shape index (κ3) is 1.87. The van der Waals surface area contributed by atoms with Crippen molar-refractivity contribution in [1.82, 2.24) is 4.98 Å². The van der Waals surface area contributed by atoms with Crippen LogP contribution in [0.15, 0.2) is 18.5 Å². The molecule has 1 saturated carbocycles. The van der Waals surface area contributed by atoms with Gasteiger partial charge in [0.15, 0.2) is 0 Å². The van der Waals surface area contributed by atoms with Crippen molar-refractivity contribution in [3.8, 4) is 5.75 Å². The smallest absolute Gasteiger partial charge is 0.125 e. The van der Waals surface area contributed by atoms with Crippen LogP contribution >= 0.6 is 0 Å². The first kappa shape index (κ1) is 9.46. The minimum absolute atomic E-state index is 0.191. The van der Waals surface area contributed by atoms with Crippen molar-refractivity contribution in [1.29, 1.82) is 0 Å². The van der Waals surface area contributed by atoms with Gasteiger partial charge in [0.05, 0.1) is 0 Å². The second kappa shape index (κ2) is 3.96. The summed E-state index contributed by atoms with van der Waals surface area (Å²) in [6, 6.07) is 2.10. The van der Waals surface area contributed by atoms with E-state index in [9.17, 15) is 0 Å². The Balaban J connectivity index is 2.07. The standard InChI is InChI=1S/C11H16N2O/c1-8-7-13-6-5-10(8)14-11-4-2-3-9(11)12/h5-7,9,11H,2-4,12H2,1H3. The fourth-order valence-electron chi connectivity index (χ4n) is 1.86. The normalized spacial score (nSPS) is 26.4. The van der Waals surface area contributed by atoms with Crippen LogP contribution in [0, 0.1) is 6.92 Å². The second-order valence-corrected chi connectivity index (χ2v) is 3.89. The molecule has 76 valence electrons. The first-order valence-electron chi connectivity index (χ1n) is 5.10. The predicted octanol–water partition coefficient (Wildman–Crippen LogP) is 1.65. The maximum Gasteiger partial charge on any atom is 0.125 e. The third-order valence-electron chi connectivity index (χ3n) is 2.75. The van der Waals surface area contributed by atoms with Crippen LogP contribution in [0.1, 0.15) is 24.8 Å². The van der Waals surface area contributed by atoms with Crippen LogP contribution in [-0.4, -0.2) is 17.1 Å². The first-order chi connectivity index (χ1) is 6.77. The van der Waals surface area contributed by atoms with E-state index in [1.807, 2.05) is 19.2 Å². The predicted molar refractivity (Wildman–Crippen MR) is 55.2 cm³/mol. The molecule has 1 aliphatic carbocycles. The highest BCUT2D eigenvalue weighted by molar-refractivity contribution is 5.28. The van der Waals surface area contributed by atoms with Crippen LogP contribution in [0.4, 0.5) is 0 Å². The van der Waals surface area contributed by atoms with Crippen LogP contribution in [0.5, 0.6) is 5.75 Å². The highest BCUT2D eigenvalue weighted by Crippen LogP contribution is 2.24. The lowest BCUT2D eigenvalue weighted by Gasteiger charge is -2.18. The van der Waals surface area contributed by atoms with E-state index in [2.05, 4.69) is 4.98 Å². The molecule has 2 N–H and O–H groups in total. The molecule has 14 heavy (non-hydrogen) atoms. The molecule has 3 heteroatoms. The monoisotopic (exact) mass is 192 g/mol. The van der Waals surface area contributed by atoms with Crippen LogP contribution < -0.4 is 10.5 Å². The van der Waals surface area contributed by atoms with Crippen molar-refractivity contribution in [3.05, 3.63) is 24.0 Å². The van der Waals surface area contributed by atoms with Crippen LogP contribution in [0.3, 0.4) is 0 Å². The zero-order chi connectivity index (χ0) is 9.97. The molecule has 1 aromatic rings. The molecule has 0 bridgehead atoms. The molecule has 1 heterocycles. The molecular formula is C11H16N2O. The summed E-state index contributed by atoms with van der Waals surface area (Å²) in [5, 5.41) is 0. The third-order valence-corrected chi connectivity index (χ3v) is 2.75. The van der Waals surface area contributed by atoms with E-state index in [0.717, 1.165) is 24.2 Å². The van der Waals surface area contributed by atoms with Gasteiger partial charge >= 0.3 is 0 Å². The Morgan fingerprint density at radius 2 is 2.36 bits per heavy atom. The number of aryl methyl sites for hydroxylation is 1. The zero-order valence-electron chi connectivity index (χ0n) is 8.44. The minimum Gasteiger partial charge on any atom is -0.488 e. The lowest BCUT2D eigenvalue weighted by atomic mass is 10.2. The molecule has 1 aliphatic rings. The summed E-state index contributed by atoms with van der Waals surface area (Å²) in [5.74, 6) is 0.919. The number of rotatable bonds is 2. The molecule has 3 nitrogen and oxygen atoms in total. The molecule has 0 aliphatic heterocycles. The maximum atomic E-state index is 5.94. The molecule has 1 aromatic heterocycles. The summed E-state index contributed by atoms with van der Waals surface area (Å²) in [7, 11) is 0. The maximum absolute atomic E-state index is 5.94. The number of nitrogens with zero attached hydrogens (tertiary/aromatic N) is 1. The Bertz CT molecular complexity index is 314. The highest BCUT2D eigenvalue weighted by Gasteiger charge is 2.25. The lowest BCUT2D eigenvalue weighted by Crippen LogP contribution is -2.33. The number of nitrogens with two attached hydrogens (primary N) is 1. The Kier molecular flexibility index (Phi) is 2.68. The molecule has 2 atom stereocenters. The van der Waals surface area contributed by atoms with Gasteiger partial charge in [-0.1, -0.05) is 0 Å². The average Bonchev–Trinajstić information content (AvgIpc) is 2.56. The van der Waals surface area contributed by atoms with Crippen LogP contribution in [0.2, 0.25) is 0 Å². The molecule has 0 spiro atoms. The van der Waals surface area contributed by atoms with E-state index in [0.29, 0.717) is 0 Å². The molecule has 0 amide bonds. The molecule has 2 unspecified atom stereocenters. The van der Waals surface area contributed by atoms with Gasteiger partial charge in [0, 0.05) is 24.0 Å². The second-order valence-electron chi connectivity index (χ2n) is 3.89. The number of ether oxygens (including phenoxy) is 1. The average molecular weight is 192 g/mol. The van der Waals surface area contributed by atoms with E-state index in [4.69, 9.17) is 10.5 Å². The molecule has 0 aromatic carbocycles. The number of hydrogen-bond donors (Lipinski definition) is 1. The van der Waals surface area contributed by atoms with Crippen LogP contribution in [0.25, 0.3) is 0 Å². The van der Waals surface area contributed by atoms with E-state index in [1.54, 1.807) is 6.20 Å². The Morgan fingerprint density at radius 1 is 1.50 bits per heavy atom. The van der Waals surface area contributed by atoms with Gasteiger partial charge in [-0.25, -0.2) is 0 Å².